The molecular weight excluding hydrogens is 444 g/mol. The maximum absolute atomic E-state index is 4.29. The fourth-order valence-electron chi connectivity index (χ4n) is 3.54. The Balaban J connectivity index is -0.000000252. The van der Waals surface area contributed by atoms with Crippen molar-refractivity contribution in [1.82, 2.24) is 0 Å². The molecule has 0 radical (unpaired) electrons. The minimum absolute atomic E-state index is 0. The molecule has 2 unspecified atom stereocenters. The highest BCUT2D eigenvalue weighted by atomic mass is 14.3. The summed E-state index contributed by atoms with van der Waals surface area (Å²) in [6, 6.07) is 0. The summed E-state index contributed by atoms with van der Waals surface area (Å²) in [7, 11) is 0. The van der Waals surface area contributed by atoms with Crippen LogP contribution in [0.5, 0.6) is 0 Å². The Bertz CT molecular complexity index is 688. The molecule has 0 amide bonds. The van der Waals surface area contributed by atoms with E-state index in [0.29, 0.717) is 5.92 Å². The van der Waals surface area contributed by atoms with Crippen molar-refractivity contribution in [3.05, 3.63) is 71.7 Å². The van der Waals surface area contributed by atoms with Gasteiger partial charge in [0.2, 0.25) is 0 Å². The molecular formula is C37H68. The molecule has 0 spiro atoms. The van der Waals surface area contributed by atoms with Crippen LogP contribution in [0.25, 0.3) is 0 Å². The summed E-state index contributed by atoms with van der Waals surface area (Å²) in [4.78, 5) is 0. The van der Waals surface area contributed by atoms with Gasteiger partial charge in [0.15, 0.2) is 0 Å². The third kappa shape index (κ3) is 28.7. The van der Waals surface area contributed by atoms with Crippen LogP contribution in [0.3, 0.4) is 0 Å². The second kappa shape index (κ2) is 28.8. The van der Waals surface area contributed by atoms with Crippen molar-refractivity contribution >= 4 is 0 Å². The lowest BCUT2D eigenvalue weighted by Gasteiger charge is -2.27. The number of hydrogen-bond acceptors (Lipinski definition) is 0. The number of rotatable bonds is 12. The minimum Gasteiger partial charge on any atom is -0.133 e. The van der Waals surface area contributed by atoms with Crippen molar-refractivity contribution in [2.75, 3.05) is 0 Å². The predicted octanol–water partition coefficient (Wildman–Crippen LogP) is 13.4. The Hall–Kier alpha value is -1.74. The van der Waals surface area contributed by atoms with E-state index in [4.69, 9.17) is 0 Å². The van der Waals surface area contributed by atoms with Gasteiger partial charge < -0.3 is 0 Å². The summed E-state index contributed by atoms with van der Waals surface area (Å²) < 4.78 is 0. The molecule has 1 aliphatic carbocycles. The zero-order valence-corrected chi connectivity index (χ0v) is 26.5. The molecule has 0 saturated heterocycles. The van der Waals surface area contributed by atoms with E-state index in [2.05, 4.69) is 111 Å². The molecule has 0 aliphatic heterocycles. The van der Waals surface area contributed by atoms with Gasteiger partial charge in [-0.2, -0.15) is 0 Å². The van der Waals surface area contributed by atoms with Gasteiger partial charge in [0.25, 0.3) is 0 Å². The number of hydrogen-bond donors (Lipinski definition) is 0. The maximum atomic E-state index is 4.29. The molecule has 0 nitrogen and oxygen atoms in total. The van der Waals surface area contributed by atoms with Crippen molar-refractivity contribution in [1.29, 1.82) is 0 Å². The fraction of sp³-hybridized carbons (Fsp3) is 0.676. The van der Waals surface area contributed by atoms with Gasteiger partial charge in [-0.3, -0.25) is 0 Å². The summed E-state index contributed by atoms with van der Waals surface area (Å²) in [5.41, 5.74) is 10.6. The molecule has 37 heavy (non-hydrogen) atoms. The van der Waals surface area contributed by atoms with E-state index in [-0.39, 0.29) is 12.8 Å². The number of unbranched alkanes of at least 4 members (excludes halogenated alkanes) is 3. The van der Waals surface area contributed by atoms with E-state index in [9.17, 15) is 0 Å². The topological polar surface area (TPSA) is 0 Å². The van der Waals surface area contributed by atoms with Crippen LogP contribution in [0.2, 0.25) is 0 Å². The lowest BCUT2D eigenvalue weighted by molar-refractivity contribution is 0.399. The van der Waals surface area contributed by atoms with Crippen molar-refractivity contribution in [2.24, 2.45) is 17.3 Å². The monoisotopic (exact) mass is 513 g/mol. The molecule has 0 heteroatoms. The van der Waals surface area contributed by atoms with Crippen LogP contribution in [0.1, 0.15) is 148 Å². The normalized spacial score (nSPS) is 15.0. The SMILES string of the molecule is C.C=C=CCC(C)(C)C(=C)CCC1C=C=CC(CC)C1.CC.CCCC=C(C)C.CCCCC=C(C)C. The van der Waals surface area contributed by atoms with Crippen LogP contribution >= 0.6 is 0 Å². The van der Waals surface area contributed by atoms with Crippen LogP contribution in [-0.2, 0) is 0 Å². The van der Waals surface area contributed by atoms with Gasteiger partial charge in [0, 0.05) is 0 Å². The van der Waals surface area contributed by atoms with Gasteiger partial charge in [-0.15, -0.1) is 11.5 Å². The molecule has 0 aromatic carbocycles. The lowest BCUT2D eigenvalue weighted by Crippen LogP contribution is -2.15. The van der Waals surface area contributed by atoms with Crippen LogP contribution < -0.4 is 0 Å². The molecule has 1 aliphatic rings. The van der Waals surface area contributed by atoms with Gasteiger partial charge in [-0.25, -0.2) is 0 Å². The van der Waals surface area contributed by atoms with Crippen LogP contribution in [0.4, 0.5) is 0 Å². The van der Waals surface area contributed by atoms with Crippen molar-refractivity contribution in [3.63, 3.8) is 0 Å². The molecule has 1 rings (SSSR count). The van der Waals surface area contributed by atoms with Crippen molar-refractivity contribution in [2.45, 2.75) is 148 Å². The molecule has 0 saturated carbocycles. The summed E-state index contributed by atoms with van der Waals surface area (Å²) in [6.45, 7) is 31.7. The van der Waals surface area contributed by atoms with Crippen LogP contribution in [0, 0.1) is 17.3 Å². The standard InChI is InChI=1S/C19H28.C8H16.C7H14.C2H6.CH4/c1-6-8-14-19(4,5)16(3)12-13-18-11-9-10-17(7-2)15-18;1-4-5-6-7-8(2)3;1-4-5-6-7(2)3;1-2;/h8,10-11,17-18H,1,3,7,12-15H2,2,4-5H3;7H,4-6H2,1-3H3;6H,4-5H2,1-3H3;1-2H3;1H4. The average Bonchev–Trinajstić information content (AvgIpc) is 2.86. The van der Waals surface area contributed by atoms with E-state index in [1.807, 2.05) is 19.9 Å². The second-order valence-corrected chi connectivity index (χ2v) is 10.8. The Kier molecular flexibility index (Phi) is 33.0. The highest BCUT2D eigenvalue weighted by Crippen LogP contribution is 2.35. The summed E-state index contributed by atoms with van der Waals surface area (Å²) in [5, 5.41) is 0. The molecule has 0 heterocycles. The van der Waals surface area contributed by atoms with Crippen molar-refractivity contribution in [3.8, 4) is 0 Å². The van der Waals surface area contributed by atoms with E-state index in [1.165, 1.54) is 68.1 Å². The smallest absolute Gasteiger partial charge is 0.0107 e. The van der Waals surface area contributed by atoms with E-state index in [1.54, 1.807) is 0 Å². The van der Waals surface area contributed by atoms with Crippen LogP contribution in [0.15, 0.2) is 71.7 Å². The average molecular weight is 513 g/mol. The zero-order chi connectivity index (χ0) is 28.4. The van der Waals surface area contributed by atoms with Gasteiger partial charge >= 0.3 is 0 Å². The Morgan fingerprint density at radius 1 is 0.946 bits per heavy atom. The minimum atomic E-state index is 0. The molecule has 0 aromatic rings. The Morgan fingerprint density at radius 3 is 1.92 bits per heavy atom. The second-order valence-electron chi connectivity index (χ2n) is 10.8. The number of allylic oxidation sites excluding steroid dienone is 7. The highest BCUT2D eigenvalue weighted by molar-refractivity contribution is 5.10. The summed E-state index contributed by atoms with van der Waals surface area (Å²) in [5.74, 6) is 1.40. The van der Waals surface area contributed by atoms with Crippen molar-refractivity contribution < 1.29 is 0 Å². The summed E-state index contributed by atoms with van der Waals surface area (Å²) in [6.07, 6.45) is 23.3. The van der Waals surface area contributed by atoms with E-state index >= 15 is 0 Å². The van der Waals surface area contributed by atoms with Gasteiger partial charge in [0.1, 0.15) is 0 Å². The van der Waals surface area contributed by atoms with Gasteiger partial charge in [-0.1, -0.05) is 117 Å². The fourth-order valence-corrected chi connectivity index (χ4v) is 3.54. The zero-order valence-electron chi connectivity index (χ0n) is 26.5. The highest BCUT2D eigenvalue weighted by Gasteiger charge is 2.21. The lowest BCUT2D eigenvalue weighted by atomic mass is 9.77. The van der Waals surface area contributed by atoms with Gasteiger partial charge in [-0.05, 0) is 108 Å². The molecule has 0 aromatic heterocycles. The third-order valence-corrected chi connectivity index (χ3v) is 6.28. The maximum Gasteiger partial charge on any atom is -0.0107 e. The first kappa shape index (κ1) is 42.4. The predicted molar refractivity (Wildman–Crippen MR) is 176 cm³/mol. The molecule has 0 bridgehead atoms. The molecule has 216 valence electrons. The first-order valence-corrected chi connectivity index (χ1v) is 14.8. The largest absolute Gasteiger partial charge is 0.133 e. The Labute approximate surface area is 236 Å². The third-order valence-electron chi connectivity index (χ3n) is 6.28. The van der Waals surface area contributed by atoms with E-state index < -0.39 is 0 Å². The first-order chi connectivity index (χ1) is 17.0. The quantitative estimate of drug-likeness (QED) is 0.138. The molecule has 0 N–H and O–H groups in total. The summed E-state index contributed by atoms with van der Waals surface area (Å²) >= 11 is 0. The van der Waals surface area contributed by atoms with Crippen LogP contribution in [-0.4, -0.2) is 0 Å². The molecule has 2 atom stereocenters. The van der Waals surface area contributed by atoms with Gasteiger partial charge in [0.05, 0.1) is 0 Å². The van der Waals surface area contributed by atoms with E-state index in [0.717, 1.165) is 18.8 Å². The first-order valence-electron chi connectivity index (χ1n) is 14.8. The Morgan fingerprint density at radius 2 is 1.49 bits per heavy atom. The molecule has 0 fully saturated rings.